The molecule has 0 aromatic carbocycles. The van der Waals surface area contributed by atoms with Gasteiger partial charge < -0.3 is 16.0 Å². The van der Waals surface area contributed by atoms with Crippen LogP contribution in [0.5, 0.6) is 0 Å². The summed E-state index contributed by atoms with van der Waals surface area (Å²) in [6.45, 7) is 6.18. The molecule has 78 valence electrons. The van der Waals surface area contributed by atoms with Gasteiger partial charge in [-0.3, -0.25) is 4.79 Å². The summed E-state index contributed by atoms with van der Waals surface area (Å²) >= 11 is 0. The lowest BCUT2D eigenvalue weighted by atomic mass is 10.1. The van der Waals surface area contributed by atoms with E-state index in [0.29, 0.717) is 11.7 Å². The molecule has 1 aromatic heterocycles. The van der Waals surface area contributed by atoms with Crippen LogP contribution in [0.25, 0.3) is 0 Å². The quantitative estimate of drug-likeness (QED) is 0.748. The van der Waals surface area contributed by atoms with Crippen molar-refractivity contribution < 1.29 is 4.79 Å². The van der Waals surface area contributed by atoms with E-state index >= 15 is 0 Å². The average Bonchev–Trinajstić information content (AvgIpc) is 2.45. The zero-order chi connectivity index (χ0) is 10.9. The minimum atomic E-state index is -0.586. The predicted molar refractivity (Wildman–Crippen MR) is 54.7 cm³/mol. The van der Waals surface area contributed by atoms with E-state index in [1.807, 2.05) is 6.92 Å². The maximum Gasteiger partial charge on any atom is 0.271 e. The number of hydrogen-bond donors (Lipinski definition) is 2. The summed E-state index contributed by atoms with van der Waals surface area (Å²) in [6, 6.07) is 0.204. The van der Waals surface area contributed by atoms with Crippen molar-refractivity contribution >= 4 is 11.7 Å². The standard InChI is InChI=1S/C9H16N4O/c1-5(2)6(3)13-4-12-7(8(13)10)9(11)14/h4-6H,10H2,1-3H3,(H2,11,14)/t6-/m1/s1. The van der Waals surface area contributed by atoms with E-state index in [-0.39, 0.29) is 11.7 Å². The maximum absolute atomic E-state index is 10.9. The minimum absolute atomic E-state index is 0.150. The number of primary amides is 1. The molecule has 1 heterocycles. The lowest BCUT2D eigenvalue weighted by molar-refractivity contribution is 0.0997. The first kappa shape index (κ1) is 10.6. The number of imidazole rings is 1. The maximum atomic E-state index is 10.9. The van der Waals surface area contributed by atoms with Crippen LogP contribution in [0.3, 0.4) is 0 Å². The zero-order valence-electron chi connectivity index (χ0n) is 8.69. The Morgan fingerprint density at radius 2 is 2.07 bits per heavy atom. The third kappa shape index (κ3) is 1.71. The van der Waals surface area contributed by atoms with Gasteiger partial charge in [-0.05, 0) is 12.8 Å². The Morgan fingerprint density at radius 3 is 2.43 bits per heavy atom. The third-order valence-corrected chi connectivity index (χ3v) is 2.47. The molecule has 0 bridgehead atoms. The Balaban J connectivity index is 3.06. The molecule has 0 saturated heterocycles. The number of nitrogens with two attached hydrogens (primary N) is 2. The highest BCUT2D eigenvalue weighted by Gasteiger charge is 2.17. The molecule has 1 rings (SSSR count). The van der Waals surface area contributed by atoms with Crippen LogP contribution in [0, 0.1) is 5.92 Å². The van der Waals surface area contributed by atoms with E-state index in [4.69, 9.17) is 11.5 Å². The number of rotatable bonds is 3. The van der Waals surface area contributed by atoms with Crippen molar-refractivity contribution in [3.8, 4) is 0 Å². The SMILES string of the molecule is CC(C)[C@@H](C)n1cnc(C(N)=O)c1N. The fraction of sp³-hybridized carbons (Fsp3) is 0.556. The van der Waals surface area contributed by atoms with E-state index in [0.717, 1.165) is 0 Å². The molecule has 1 amide bonds. The molecular weight excluding hydrogens is 180 g/mol. The molecule has 0 unspecified atom stereocenters. The van der Waals surface area contributed by atoms with Crippen molar-refractivity contribution in [1.82, 2.24) is 9.55 Å². The molecule has 0 radical (unpaired) electrons. The van der Waals surface area contributed by atoms with Gasteiger partial charge in [0.2, 0.25) is 0 Å². The van der Waals surface area contributed by atoms with Crippen LogP contribution in [-0.2, 0) is 0 Å². The summed E-state index contributed by atoms with van der Waals surface area (Å²) in [6.07, 6.45) is 1.56. The molecule has 5 nitrogen and oxygen atoms in total. The smallest absolute Gasteiger partial charge is 0.271 e. The van der Waals surface area contributed by atoms with Crippen molar-refractivity contribution in [2.45, 2.75) is 26.8 Å². The number of amides is 1. The second-order valence-electron chi connectivity index (χ2n) is 3.73. The Morgan fingerprint density at radius 1 is 1.50 bits per heavy atom. The lowest BCUT2D eigenvalue weighted by Crippen LogP contribution is -2.17. The second-order valence-corrected chi connectivity index (χ2v) is 3.73. The van der Waals surface area contributed by atoms with Gasteiger partial charge in [0.15, 0.2) is 5.69 Å². The normalized spacial score (nSPS) is 13.1. The number of hydrogen-bond acceptors (Lipinski definition) is 3. The highest BCUT2D eigenvalue weighted by molar-refractivity contribution is 5.95. The van der Waals surface area contributed by atoms with Gasteiger partial charge in [-0.15, -0.1) is 0 Å². The van der Waals surface area contributed by atoms with Gasteiger partial charge in [0, 0.05) is 6.04 Å². The summed E-state index contributed by atoms with van der Waals surface area (Å²) in [4.78, 5) is 14.8. The molecule has 1 atom stereocenters. The molecule has 0 aliphatic carbocycles. The van der Waals surface area contributed by atoms with Crippen molar-refractivity contribution in [2.75, 3.05) is 5.73 Å². The van der Waals surface area contributed by atoms with Crippen LogP contribution in [-0.4, -0.2) is 15.5 Å². The van der Waals surface area contributed by atoms with Gasteiger partial charge in [-0.1, -0.05) is 13.8 Å². The molecule has 1 aromatic rings. The third-order valence-electron chi connectivity index (χ3n) is 2.47. The Kier molecular flexibility index (Phi) is 2.78. The fourth-order valence-corrected chi connectivity index (χ4v) is 1.21. The Hall–Kier alpha value is -1.52. The van der Waals surface area contributed by atoms with Crippen LogP contribution in [0.15, 0.2) is 6.33 Å². The lowest BCUT2D eigenvalue weighted by Gasteiger charge is -2.18. The average molecular weight is 196 g/mol. The highest BCUT2D eigenvalue weighted by Crippen LogP contribution is 2.21. The number of aromatic nitrogens is 2. The second kappa shape index (κ2) is 3.69. The Bertz CT molecular complexity index is 343. The Labute approximate surface area is 83.1 Å². The van der Waals surface area contributed by atoms with Gasteiger partial charge in [-0.25, -0.2) is 4.98 Å². The van der Waals surface area contributed by atoms with Gasteiger partial charge in [0.05, 0.1) is 6.33 Å². The van der Waals surface area contributed by atoms with Crippen molar-refractivity contribution in [2.24, 2.45) is 11.7 Å². The van der Waals surface area contributed by atoms with Crippen LogP contribution >= 0.6 is 0 Å². The number of nitrogen functional groups attached to an aromatic ring is 1. The largest absolute Gasteiger partial charge is 0.383 e. The summed E-state index contributed by atoms with van der Waals surface area (Å²) in [5, 5.41) is 0. The monoisotopic (exact) mass is 196 g/mol. The predicted octanol–water partition coefficient (Wildman–Crippen LogP) is 0.781. The zero-order valence-corrected chi connectivity index (χ0v) is 8.69. The summed E-state index contributed by atoms with van der Waals surface area (Å²) in [5.74, 6) is 0.183. The summed E-state index contributed by atoms with van der Waals surface area (Å²) in [7, 11) is 0. The van der Waals surface area contributed by atoms with Gasteiger partial charge in [0.25, 0.3) is 5.91 Å². The molecule has 14 heavy (non-hydrogen) atoms. The molecule has 0 spiro atoms. The molecule has 4 N–H and O–H groups in total. The first-order chi connectivity index (χ1) is 6.45. The number of carbonyl (C=O) groups excluding carboxylic acids is 1. The van der Waals surface area contributed by atoms with Crippen LogP contribution < -0.4 is 11.5 Å². The van der Waals surface area contributed by atoms with E-state index in [9.17, 15) is 4.79 Å². The summed E-state index contributed by atoms with van der Waals surface area (Å²) in [5.41, 5.74) is 11.0. The fourth-order valence-electron chi connectivity index (χ4n) is 1.21. The first-order valence-electron chi connectivity index (χ1n) is 4.57. The van der Waals surface area contributed by atoms with Crippen molar-refractivity contribution in [3.63, 3.8) is 0 Å². The number of nitrogens with zero attached hydrogens (tertiary/aromatic N) is 2. The first-order valence-corrected chi connectivity index (χ1v) is 4.57. The van der Waals surface area contributed by atoms with Crippen molar-refractivity contribution in [1.29, 1.82) is 0 Å². The van der Waals surface area contributed by atoms with Crippen LogP contribution in [0.4, 0.5) is 5.82 Å². The topological polar surface area (TPSA) is 86.9 Å². The molecule has 0 aliphatic heterocycles. The van der Waals surface area contributed by atoms with Crippen molar-refractivity contribution in [3.05, 3.63) is 12.0 Å². The molecule has 0 fully saturated rings. The van der Waals surface area contributed by atoms with Gasteiger partial charge in [0.1, 0.15) is 5.82 Å². The van der Waals surface area contributed by atoms with Crippen LogP contribution in [0.2, 0.25) is 0 Å². The summed E-state index contributed by atoms with van der Waals surface area (Å²) < 4.78 is 1.77. The van der Waals surface area contributed by atoms with Gasteiger partial charge in [-0.2, -0.15) is 0 Å². The van der Waals surface area contributed by atoms with Gasteiger partial charge >= 0.3 is 0 Å². The van der Waals surface area contributed by atoms with E-state index < -0.39 is 5.91 Å². The molecule has 0 aliphatic rings. The minimum Gasteiger partial charge on any atom is -0.383 e. The molecule has 5 heteroatoms. The van der Waals surface area contributed by atoms with E-state index in [1.165, 1.54) is 0 Å². The number of carbonyl (C=O) groups is 1. The highest BCUT2D eigenvalue weighted by atomic mass is 16.1. The van der Waals surface area contributed by atoms with Crippen LogP contribution in [0.1, 0.15) is 37.3 Å². The molecule has 0 saturated carbocycles. The van der Waals surface area contributed by atoms with E-state index in [2.05, 4.69) is 18.8 Å². The number of anilines is 1. The molecular formula is C9H16N4O. The van der Waals surface area contributed by atoms with E-state index in [1.54, 1.807) is 10.9 Å².